The molecule has 0 amide bonds. The SMILES string of the molecule is CCN1CCCC(O)(C(C)CCOC)CC1. The summed E-state index contributed by atoms with van der Waals surface area (Å²) in [6, 6.07) is 0. The molecule has 1 rings (SSSR count). The average molecular weight is 229 g/mol. The lowest BCUT2D eigenvalue weighted by atomic mass is 9.81. The first-order chi connectivity index (χ1) is 7.62. The molecule has 1 heterocycles. The van der Waals surface area contributed by atoms with Crippen LogP contribution >= 0.6 is 0 Å². The fraction of sp³-hybridized carbons (Fsp3) is 1.00. The summed E-state index contributed by atoms with van der Waals surface area (Å²) in [4.78, 5) is 2.43. The first kappa shape index (κ1) is 13.9. The number of likely N-dealkylation sites (tertiary alicyclic amines) is 1. The lowest BCUT2D eigenvalue weighted by molar-refractivity contribution is -0.0341. The molecule has 0 radical (unpaired) electrons. The lowest BCUT2D eigenvalue weighted by Gasteiger charge is -2.33. The molecule has 0 aromatic heterocycles. The van der Waals surface area contributed by atoms with Crippen molar-refractivity contribution in [2.24, 2.45) is 5.92 Å². The van der Waals surface area contributed by atoms with Gasteiger partial charge < -0.3 is 14.7 Å². The Kier molecular flexibility index (Phi) is 5.73. The normalized spacial score (nSPS) is 30.0. The molecule has 1 aliphatic rings. The maximum atomic E-state index is 10.7. The van der Waals surface area contributed by atoms with Crippen LogP contribution in [-0.4, -0.2) is 49.0 Å². The van der Waals surface area contributed by atoms with Gasteiger partial charge in [-0.2, -0.15) is 0 Å². The van der Waals surface area contributed by atoms with Crippen molar-refractivity contribution in [1.82, 2.24) is 4.90 Å². The Morgan fingerprint density at radius 1 is 1.38 bits per heavy atom. The van der Waals surface area contributed by atoms with E-state index >= 15 is 0 Å². The van der Waals surface area contributed by atoms with Crippen LogP contribution in [0.3, 0.4) is 0 Å². The molecule has 0 aliphatic carbocycles. The monoisotopic (exact) mass is 229 g/mol. The smallest absolute Gasteiger partial charge is 0.0686 e. The molecule has 0 spiro atoms. The van der Waals surface area contributed by atoms with Crippen molar-refractivity contribution in [3.8, 4) is 0 Å². The molecular formula is C13H27NO2. The highest BCUT2D eigenvalue weighted by Crippen LogP contribution is 2.31. The largest absolute Gasteiger partial charge is 0.390 e. The third-order valence-corrected chi connectivity index (χ3v) is 4.06. The van der Waals surface area contributed by atoms with E-state index < -0.39 is 5.60 Å². The zero-order valence-electron chi connectivity index (χ0n) is 11.0. The number of hydrogen-bond donors (Lipinski definition) is 1. The first-order valence-corrected chi connectivity index (χ1v) is 6.56. The summed E-state index contributed by atoms with van der Waals surface area (Å²) < 4.78 is 5.10. The number of rotatable bonds is 5. The zero-order chi connectivity index (χ0) is 12.0. The van der Waals surface area contributed by atoms with Gasteiger partial charge in [0.15, 0.2) is 0 Å². The van der Waals surface area contributed by atoms with E-state index in [0.29, 0.717) is 5.92 Å². The van der Waals surface area contributed by atoms with Gasteiger partial charge in [0.05, 0.1) is 5.60 Å². The number of ether oxygens (including phenoxy) is 1. The van der Waals surface area contributed by atoms with Crippen molar-refractivity contribution < 1.29 is 9.84 Å². The molecule has 0 aromatic carbocycles. The molecule has 1 aliphatic heterocycles. The van der Waals surface area contributed by atoms with Crippen molar-refractivity contribution in [1.29, 1.82) is 0 Å². The Balaban J connectivity index is 2.48. The molecule has 96 valence electrons. The topological polar surface area (TPSA) is 32.7 Å². The summed E-state index contributed by atoms with van der Waals surface area (Å²) >= 11 is 0. The molecule has 0 bridgehead atoms. The summed E-state index contributed by atoms with van der Waals surface area (Å²) in [6.07, 6.45) is 3.92. The van der Waals surface area contributed by atoms with Crippen molar-refractivity contribution in [2.45, 2.75) is 45.1 Å². The highest BCUT2D eigenvalue weighted by molar-refractivity contribution is 4.87. The molecular weight excluding hydrogens is 202 g/mol. The van der Waals surface area contributed by atoms with Gasteiger partial charge >= 0.3 is 0 Å². The highest BCUT2D eigenvalue weighted by atomic mass is 16.5. The molecule has 0 saturated carbocycles. The maximum Gasteiger partial charge on any atom is 0.0686 e. The van der Waals surface area contributed by atoms with Gasteiger partial charge in [-0.25, -0.2) is 0 Å². The fourth-order valence-electron chi connectivity index (χ4n) is 2.57. The van der Waals surface area contributed by atoms with Crippen LogP contribution in [0.15, 0.2) is 0 Å². The molecule has 0 aromatic rings. The summed E-state index contributed by atoms with van der Waals surface area (Å²) in [5.41, 5.74) is -0.470. The van der Waals surface area contributed by atoms with Gasteiger partial charge in [-0.1, -0.05) is 13.8 Å². The van der Waals surface area contributed by atoms with E-state index in [1.54, 1.807) is 7.11 Å². The summed E-state index contributed by atoms with van der Waals surface area (Å²) in [7, 11) is 1.72. The lowest BCUT2D eigenvalue weighted by Crippen LogP contribution is -2.38. The summed E-state index contributed by atoms with van der Waals surface area (Å²) in [5, 5.41) is 10.7. The van der Waals surface area contributed by atoms with E-state index in [-0.39, 0.29) is 0 Å². The Labute approximate surface area is 99.8 Å². The standard InChI is InChI=1S/C13H27NO2/c1-4-14-9-5-7-13(15,8-10-14)12(2)6-11-16-3/h12,15H,4-11H2,1-3H3. The number of hydrogen-bond acceptors (Lipinski definition) is 3. The van der Waals surface area contributed by atoms with Gasteiger partial charge in [0.25, 0.3) is 0 Å². The van der Waals surface area contributed by atoms with E-state index in [1.807, 2.05) is 0 Å². The Bertz CT molecular complexity index is 198. The maximum absolute atomic E-state index is 10.7. The van der Waals surface area contributed by atoms with Gasteiger partial charge in [-0.05, 0) is 44.7 Å². The van der Waals surface area contributed by atoms with Crippen LogP contribution < -0.4 is 0 Å². The van der Waals surface area contributed by atoms with E-state index in [1.165, 1.54) is 0 Å². The minimum Gasteiger partial charge on any atom is -0.390 e. The van der Waals surface area contributed by atoms with Gasteiger partial charge in [-0.15, -0.1) is 0 Å². The van der Waals surface area contributed by atoms with Crippen LogP contribution in [0, 0.1) is 5.92 Å². The average Bonchev–Trinajstić information content (AvgIpc) is 2.49. The van der Waals surface area contributed by atoms with E-state index in [2.05, 4.69) is 18.7 Å². The van der Waals surface area contributed by atoms with E-state index in [0.717, 1.165) is 51.9 Å². The van der Waals surface area contributed by atoms with E-state index in [4.69, 9.17) is 4.74 Å². The Morgan fingerprint density at radius 3 is 2.75 bits per heavy atom. The third kappa shape index (κ3) is 3.72. The fourth-order valence-corrected chi connectivity index (χ4v) is 2.57. The number of aliphatic hydroxyl groups is 1. The number of methoxy groups -OCH3 is 1. The predicted molar refractivity (Wildman–Crippen MR) is 66.6 cm³/mol. The summed E-state index contributed by atoms with van der Waals surface area (Å²) in [6.45, 7) is 8.36. The third-order valence-electron chi connectivity index (χ3n) is 4.06. The van der Waals surface area contributed by atoms with Crippen molar-refractivity contribution in [2.75, 3.05) is 33.4 Å². The summed E-state index contributed by atoms with van der Waals surface area (Å²) in [5.74, 6) is 0.337. The van der Waals surface area contributed by atoms with Crippen LogP contribution in [0.2, 0.25) is 0 Å². The second-order valence-electron chi connectivity index (χ2n) is 5.07. The quantitative estimate of drug-likeness (QED) is 0.781. The van der Waals surface area contributed by atoms with Crippen LogP contribution in [0.5, 0.6) is 0 Å². The highest BCUT2D eigenvalue weighted by Gasteiger charge is 2.34. The van der Waals surface area contributed by atoms with E-state index in [9.17, 15) is 5.11 Å². The van der Waals surface area contributed by atoms with Crippen molar-refractivity contribution in [3.63, 3.8) is 0 Å². The molecule has 3 nitrogen and oxygen atoms in total. The molecule has 2 atom stereocenters. The second-order valence-corrected chi connectivity index (χ2v) is 5.07. The molecule has 3 heteroatoms. The van der Waals surface area contributed by atoms with Crippen LogP contribution in [-0.2, 0) is 4.74 Å². The predicted octanol–water partition coefficient (Wildman–Crippen LogP) is 1.90. The van der Waals surface area contributed by atoms with Gasteiger partial charge in [0.2, 0.25) is 0 Å². The first-order valence-electron chi connectivity index (χ1n) is 6.56. The molecule has 1 fully saturated rings. The van der Waals surface area contributed by atoms with Gasteiger partial charge in [0, 0.05) is 20.3 Å². The Morgan fingerprint density at radius 2 is 2.12 bits per heavy atom. The van der Waals surface area contributed by atoms with Crippen LogP contribution in [0.4, 0.5) is 0 Å². The number of nitrogens with zero attached hydrogens (tertiary/aromatic N) is 1. The zero-order valence-corrected chi connectivity index (χ0v) is 11.0. The molecule has 16 heavy (non-hydrogen) atoms. The second kappa shape index (κ2) is 6.58. The van der Waals surface area contributed by atoms with Gasteiger partial charge in [-0.3, -0.25) is 0 Å². The molecule has 1 N–H and O–H groups in total. The Hall–Kier alpha value is -0.120. The van der Waals surface area contributed by atoms with Crippen LogP contribution in [0.25, 0.3) is 0 Å². The van der Waals surface area contributed by atoms with Crippen LogP contribution in [0.1, 0.15) is 39.5 Å². The van der Waals surface area contributed by atoms with Crippen molar-refractivity contribution in [3.05, 3.63) is 0 Å². The minimum absolute atomic E-state index is 0.337. The minimum atomic E-state index is -0.470. The molecule has 2 unspecified atom stereocenters. The molecule has 1 saturated heterocycles. The van der Waals surface area contributed by atoms with Gasteiger partial charge in [0.1, 0.15) is 0 Å². The van der Waals surface area contributed by atoms with Crippen molar-refractivity contribution >= 4 is 0 Å².